The Morgan fingerprint density at radius 1 is 1.53 bits per heavy atom. The summed E-state index contributed by atoms with van der Waals surface area (Å²) in [6.45, 7) is 1.93. The van der Waals surface area contributed by atoms with E-state index in [9.17, 15) is 0 Å². The van der Waals surface area contributed by atoms with Crippen LogP contribution in [0.4, 0.5) is 0 Å². The molecule has 2 rings (SSSR count). The molecule has 2 heterocycles. The molecule has 0 aliphatic carbocycles. The number of hydrogen-bond donors (Lipinski definition) is 0. The summed E-state index contributed by atoms with van der Waals surface area (Å²) in [5, 5.41) is 12.9. The van der Waals surface area contributed by atoms with Crippen LogP contribution in [-0.4, -0.2) is 14.8 Å². The van der Waals surface area contributed by atoms with Gasteiger partial charge in [0.25, 0.3) is 0 Å². The average molecular weight is 263 g/mol. The molecule has 0 aliphatic rings. The average Bonchev–Trinajstić information content (AvgIpc) is 2.75. The SMILES string of the molecule is Cc1c(Br)cc(C#N)nc1-n1cccn1. The van der Waals surface area contributed by atoms with Crippen molar-refractivity contribution in [3.8, 4) is 11.9 Å². The third-order valence-electron chi connectivity index (χ3n) is 2.02. The third kappa shape index (κ3) is 1.76. The molecule has 2 aromatic rings. The van der Waals surface area contributed by atoms with Crippen LogP contribution in [0.3, 0.4) is 0 Å². The molecule has 0 unspecified atom stereocenters. The summed E-state index contributed by atoms with van der Waals surface area (Å²) in [5.74, 6) is 0.672. The summed E-state index contributed by atoms with van der Waals surface area (Å²) in [6, 6.07) is 5.53. The molecule has 0 atom stereocenters. The van der Waals surface area contributed by atoms with Crippen molar-refractivity contribution in [2.24, 2.45) is 0 Å². The molecule has 5 heteroatoms. The van der Waals surface area contributed by atoms with Crippen LogP contribution in [0.1, 0.15) is 11.3 Å². The van der Waals surface area contributed by atoms with Gasteiger partial charge in [-0.2, -0.15) is 10.4 Å². The van der Waals surface area contributed by atoms with Crippen molar-refractivity contribution in [1.29, 1.82) is 5.26 Å². The highest BCUT2D eigenvalue weighted by Gasteiger charge is 2.08. The number of rotatable bonds is 1. The molecule has 0 fully saturated rings. The maximum absolute atomic E-state index is 8.81. The highest BCUT2D eigenvalue weighted by Crippen LogP contribution is 2.21. The molecule has 0 bridgehead atoms. The number of pyridine rings is 1. The minimum Gasteiger partial charge on any atom is -0.222 e. The number of halogens is 1. The molecule has 0 N–H and O–H groups in total. The first-order valence-electron chi connectivity index (χ1n) is 4.29. The van der Waals surface area contributed by atoms with E-state index in [1.54, 1.807) is 23.1 Å². The monoisotopic (exact) mass is 262 g/mol. The second kappa shape index (κ2) is 3.83. The topological polar surface area (TPSA) is 54.5 Å². The van der Waals surface area contributed by atoms with Crippen molar-refractivity contribution in [3.63, 3.8) is 0 Å². The van der Waals surface area contributed by atoms with Crippen LogP contribution in [0, 0.1) is 18.3 Å². The van der Waals surface area contributed by atoms with Crippen LogP contribution < -0.4 is 0 Å². The van der Waals surface area contributed by atoms with Crippen molar-refractivity contribution >= 4 is 15.9 Å². The van der Waals surface area contributed by atoms with Crippen LogP contribution in [0.2, 0.25) is 0 Å². The molecule has 0 amide bonds. The summed E-state index contributed by atoms with van der Waals surface area (Å²) >= 11 is 3.39. The highest BCUT2D eigenvalue weighted by molar-refractivity contribution is 9.10. The molecular formula is C10H7BrN4. The van der Waals surface area contributed by atoms with Gasteiger partial charge in [-0.05, 0) is 19.1 Å². The molecule has 2 aromatic heterocycles. The second-order valence-corrected chi connectivity index (χ2v) is 3.85. The van der Waals surface area contributed by atoms with Crippen molar-refractivity contribution in [1.82, 2.24) is 14.8 Å². The minimum atomic E-state index is 0.373. The van der Waals surface area contributed by atoms with Crippen LogP contribution in [-0.2, 0) is 0 Å². The first-order valence-corrected chi connectivity index (χ1v) is 5.09. The van der Waals surface area contributed by atoms with Gasteiger partial charge in [0.2, 0.25) is 0 Å². The molecular weight excluding hydrogens is 256 g/mol. The smallest absolute Gasteiger partial charge is 0.158 e. The molecule has 0 saturated heterocycles. The van der Waals surface area contributed by atoms with E-state index < -0.39 is 0 Å². The van der Waals surface area contributed by atoms with E-state index >= 15 is 0 Å². The lowest BCUT2D eigenvalue weighted by atomic mass is 10.2. The number of nitrogens with zero attached hydrogens (tertiary/aromatic N) is 4. The van der Waals surface area contributed by atoms with Gasteiger partial charge in [0, 0.05) is 22.4 Å². The Hall–Kier alpha value is -1.67. The lowest BCUT2D eigenvalue weighted by Gasteiger charge is -2.06. The predicted octanol–water partition coefficient (Wildman–Crippen LogP) is 2.21. The molecule has 0 spiro atoms. The van der Waals surface area contributed by atoms with Crippen LogP contribution in [0.5, 0.6) is 0 Å². The fourth-order valence-corrected chi connectivity index (χ4v) is 1.63. The molecule has 0 saturated carbocycles. The van der Waals surface area contributed by atoms with E-state index in [4.69, 9.17) is 5.26 Å². The van der Waals surface area contributed by atoms with Gasteiger partial charge in [-0.3, -0.25) is 0 Å². The van der Waals surface area contributed by atoms with Gasteiger partial charge in [-0.25, -0.2) is 9.67 Å². The van der Waals surface area contributed by atoms with Crippen LogP contribution >= 0.6 is 15.9 Å². The number of aromatic nitrogens is 3. The molecule has 0 radical (unpaired) electrons. The number of nitriles is 1. The van der Waals surface area contributed by atoms with E-state index in [0.29, 0.717) is 11.5 Å². The first-order chi connectivity index (χ1) is 7.22. The molecule has 0 aliphatic heterocycles. The maximum Gasteiger partial charge on any atom is 0.158 e. The van der Waals surface area contributed by atoms with Crippen molar-refractivity contribution < 1.29 is 0 Å². The highest BCUT2D eigenvalue weighted by atomic mass is 79.9. The summed E-state index contributed by atoms with van der Waals surface area (Å²) in [7, 11) is 0. The normalized spacial score (nSPS) is 9.93. The van der Waals surface area contributed by atoms with Gasteiger partial charge in [0.15, 0.2) is 5.82 Å². The maximum atomic E-state index is 8.81. The molecule has 15 heavy (non-hydrogen) atoms. The Morgan fingerprint density at radius 3 is 2.93 bits per heavy atom. The lowest BCUT2D eigenvalue weighted by Crippen LogP contribution is -2.03. The predicted molar refractivity (Wildman–Crippen MR) is 58.5 cm³/mol. The Morgan fingerprint density at radius 2 is 2.33 bits per heavy atom. The van der Waals surface area contributed by atoms with Gasteiger partial charge < -0.3 is 0 Å². The van der Waals surface area contributed by atoms with Crippen molar-refractivity contribution in [2.75, 3.05) is 0 Å². The van der Waals surface area contributed by atoms with Gasteiger partial charge in [0.05, 0.1) is 0 Å². The zero-order chi connectivity index (χ0) is 10.8. The Labute approximate surface area is 95.3 Å². The van der Waals surface area contributed by atoms with E-state index in [1.165, 1.54) is 0 Å². The molecule has 0 aromatic carbocycles. The fraction of sp³-hybridized carbons (Fsp3) is 0.100. The van der Waals surface area contributed by atoms with Crippen LogP contribution in [0.25, 0.3) is 5.82 Å². The summed E-state index contributed by atoms with van der Waals surface area (Å²) < 4.78 is 2.50. The summed E-state index contributed by atoms with van der Waals surface area (Å²) in [5.41, 5.74) is 1.33. The second-order valence-electron chi connectivity index (χ2n) is 3.00. The van der Waals surface area contributed by atoms with E-state index in [0.717, 1.165) is 10.0 Å². The summed E-state index contributed by atoms with van der Waals surface area (Å²) in [4.78, 5) is 4.20. The quantitative estimate of drug-likeness (QED) is 0.792. The van der Waals surface area contributed by atoms with E-state index in [1.807, 2.05) is 19.1 Å². The lowest BCUT2D eigenvalue weighted by molar-refractivity contribution is 0.834. The van der Waals surface area contributed by atoms with Gasteiger partial charge in [-0.15, -0.1) is 0 Å². The fourth-order valence-electron chi connectivity index (χ4n) is 1.24. The van der Waals surface area contributed by atoms with Crippen LogP contribution in [0.15, 0.2) is 29.0 Å². The van der Waals surface area contributed by atoms with Gasteiger partial charge in [-0.1, -0.05) is 15.9 Å². The summed E-state index contributed by atoms with van der Waals surface area (Å²) in [6.07, 6.45) is 3.47. The first kappa shape index (κ1) is 9.87. The van der Waals surface area contributed by atoms with Crippen molar-refractivity contribution in [3.05, 3.63) is 40.3 Å². The largest absolute Gasteiger partial charge is 0.222 e. The molecule has 74 valence electrons. The zero-order valence-electron chi connectivity index (χ0n) is 7.98. The standard InChI is InChI=1S/C10H7BrN4/c1-7-9(11)5-8(6-12)14-10(7)15-4-2-3-13-15/h2-5H,1H3. The Balaban J connectivity index is 2.66. The zero-order valence-corrected chi connectivity index (χ0v) is 9.56. The van der Waals surface area contributed by atoms with E-state index in [-0.39, 0.29) is 0 Å². The van der Waals surface area contributed by atoms with Gasteiger partial charge in [0.1, 0.15) is 11.8 Å². The minimum absolute atomic E-state index is 0.373. The van der Waals surface area contributed by atoms with Gasteiger partial charge >= 0.3 is 0 Å². The van der Waals surface area contributed by atoms with Crippen molar-refractivity contribution in [2.45, 2.75) is 6.92 Å². The Bertz CT molecular complexity index is 525. The molecule has 4 nitrogen and oxygen atoms in total. The Kier molecular flexibility index (Phi) is 2.52. The van der Waals surface area contributed by atoms with E-state index in [2.05, 4.69) is 26.0 Å². The number of hydrogen-bond acceptors (Lipinski definition) is 3. The third-order valence-corrected chi connectivity index (χ3v) is 2.84.